The first-order chi connectivity index (χ1) is 64.2. The Kier molecular flexibility index (Phi) is 28.9. The lowest BCUT2D eigenvalue weighted by Gasteiger charge is -2.12. The molecule has 0 aliphatic carbocycles. The molecule has 0 bridgehead atoms. The normalized spacial score (nSPS) is 11.8. The highest BCUT2D eigenvalue weighted by molar-refractivity contribution is 6.30. The number of aromatic nitrogens is 20. The van der Waals surface area contributed by atoms with Crippen LogP contribution < -0.4 is 36.6 Å². The zero-order valence-electron chi connectivity index (χ0n) is 70.7. The summed E-state index contributed by atoms with van der Waals surface area (Å²) in [5.41, 5.74) is 2.85. The number of anilines is 10. The molecule has 0 aliphatic rings. The first kappa shape index (κ1) is 97.6. The third kappa shape index (κ3) is 24.7. The van der Waals surface area contributed by atoms with Crippen molar-refractivity contribution < 1.29 is 96.9 Å². The van der Waals surface area contributed by atoms with Gasteiger partial charge < -0.3 is 36.6 Å². The van der Waals surface area contributed by atoms with Crippen LogP contribution >= 0.6 is 11.6 Å². The van der Waals surface area contributed by atoms with E-state index in [2.05, 4.69) is 111 Å². The van der Waals surface area contributed by atoms with Crippen LogP contribution in [0.25, 0.3) is 51.3 Å². The molecule has 17 aromatic rings. The van der Waals surface area contributed by atoms with E-state index in [1.165, 1.54) is 110 Å². The number of alkyl halides is 18. The monoisotopic (exact) mass is 1920 g/mol. The minimum Gasteiger partial charge on any atom is -0.403 e. The van der Waals surface area contributed by atoms with Crippen molar-refractivity contribution in [2.45, 2.75) is 85.3 Å². The minimum absolute atomic E-state index is 0.0586. The number of hydrogen-bond donors (Lipinski definition) is 6. The van der Waals surface area contributed by atoms with Gasteiger partial charge in [0.2, 0.25) is 0 Å². The van der Waals surface area contributed by atoms with Crippen LogP contribution in [0.15, 0.2) is 226 Å². The van der Waals surface area contributed by atoms with Crippen LogP contribution in [-0.4, -0.2) is 111 Å². The molecule has 27 nitrogen and oxygen atoms in total. The van der Waals surface area contributed by atoms with E-state index < -0.39 is 88.4 Å². The molecule has 0 radical (unpaired) electrons. The summed E-state index contributed by atoms with van der Waals surface area (Å²) < 4.78 is 279. The third-order valence-electron chi connectivity index (χ3n) is 18.8. The maximum atomic E-state index is 13.9. The smallest absolute Gasteiger partial charge is 0.403 e. The molecule has 0 spiro atoms. The number of halogens is 22. The van der Waals surface area contributed by atoms with Crippen molar-refractivity contribution in [3.05, 3.63) is 317 Å². The first-order valence-electron chi connectivity index (χ1n) is 39.2. The van der Waals surface area contributed by atoms with Crippen molar-refractivity contribution in [3.63, 3.8) is 0 Å². The van der Waals surface area contributed by atoms with Gasteiger partial charge in [-0.25, -0.2) is 63.0 Å². The van der Waals surface area contributed by atoms with Crippen LogP contribution in [0.3, 0.4) is 0 Å². The van der Waals surface area contributed by atoms with E-state index in [1.54, 1.807) is 42.3 Å². The molecule has 11 heterocycles. The Morgan fingerprint density at radius 2 is 0.772 bits per heavy atom. The maximum absolute atomic E-state index is 13.9. The standard InChI is InChI=1S/C20H17F3N6.C19H11F6N5O.C16H13ClF3N5.C16H11F6N5.C16H14F3N5/c1-24-10-15-19(29-9-3-2-4-18(29)28-15)16-11-25-12-17(27-16)26-14-7-5-13(6-8-14)20(21,22)23;1-9-27-14-5-11(20)12(21)6-15(14)30(9)18-8-26-7-17(29-18)28-10-2-3-16(13(22)4-10)31-19(23,24)25;1-9-15(17)25(10(2)22-9)14-8-21-7-13(24-14)23-12-5-3-11(4-6-12)16(18,19)20;1-9-24-12(16(20,21)22)8-27(9)14-7-23-6-13(26-14)25-11-4-2-10(3-5-11)15(17,18)19;1-10-9-24(11(2)21-10)15-8-20-7-14(23-15)22-13-5-3-12(4-6-13)16(17,18)19/h2-9,11-12,24H,10H2,1H3,(H,26,27);2-8H,1H3,(H,28,29);3-8H,1-2H3,(H,23,24);2-8H,1H3,(H,25,26);3-9H,1-2H3,(H,22,23). The quantitative estimate of drug-likeness (QED) is 0.0435. The number of imidazole rings is 5. The Labute approximate surface area is 758 Å². The molecule has 6 aromatic carbocycles. The summed E-state index contributed by atoms with van der Waals surface area (Å²) in [5.74, 6) is 0.344. The van der Waals surface area contributed by atoms with Crippen molar-refractivity contribution in [1.82, 2.24) is 103 Å². The summed E-state index contributed by atoms with van der Waals surface area (Å²) in [6.07, 6.45) is -8.24. The molecular formula is C87H66ClF21N26O. The van der Waals surface area contributed by atoms with Crippen LogP contribution in [0.4, 0.5) is 150 Å². The SMILES string of the molecule is CNCc1nc2ccccn2c1-c1cncc(Nc2ccc(C(F)(F)F)cc2)n1.Cc1cn(-c2cncc(Nc3ccc(C(F)(F)F)cc3)n2)c(C)n1.Cc1nc(C(F)(F)F)cn1-c1cncc(Nc2ccc(C(F)(F)F)cc2)n1.Cc1nc(C)n(-c2cncc(Nc3ccc(C(F)(F)F)cc3)n2)c1Cl.Cc1nc2cc(F)c(F)cc2n1-c1cncc(Nc2ccc(OC(F)(F)F)c(F)c2)n1. The summed E-state index contributed by atoms with van der Waals surface area (Å²) >= 11 is 6.23. The van der Waals surface area contributed by atoms with Crippen LogP contribution in [0.1, 0.15) is 68.3 Å². The number of pyridine rings is 1. The van der Waals surface area contributed by atoms with Gasteiger partial charge in [0, 0.05) is 71.8 Å². The molecule has 6 N–H and O–H groups in total. The number of benzene rings is 6. The summed E-state index contributed by atoms with van der Waals surface area (Å²) in [7, 11) is 1.84. The molecule has 704 valence electrons. The van der Waals surface area contributed by atoms with E-state index in [9.17, 15) is 92.2 Å². The van der Waals surface area contributed by atoms with Gasteiger partial charge in [-0.05, 0) is 170 Å². The molecule has 0 atom stereocenters. The molecule has 0 amide bonds. The van der Waals surface area contributed by atoms with Gasteiger partial charge in [-0.3, -0.25) is 47.6 Å². The fourth-order valence-corrected chi connectivity index (χ4v) is 13.1. The van der Waals surface area contributed by atoms with E-state index in [-0.39, 0.29) is 45.8 Å². The van der Waals surface area contributed by atoms with Crippen LogP contribution in [0, 0.1) is 59.0 Å². The number of nitrogens with one attached hydrogen (secondary N) is 6. The van der Waals surface area contributed by atoms with Gasteiger partial charge in [0.05, 0.1) is 118 Å². The Morgan fingerprint density at radius 1 is 0.368 bits per heavy atom. The second kappa shape index (κ2) is 40.3. The molecule has 0 saturated carbocycles. The van der Waals surface area contributed by atoms with Crippen molar-refractivity contribution in [3.8, 4) is 40.4 Å². The number of ether oxygens (including phenoxy) is 1. The van der Waals surface area contributed by atoms with E-state index in [0.717, 1.165) is 118 Å². The molecule has 0 saturated heterocycles. The molecule has 0 aliphatic heterocycles. The van der Waals surface area contributed by atoms with Crippen molar-refractivity contribution in [2.75, 3.05) is 33.6 Å². The largest absolute Gasteiger partial charge is 0.573 e. The number of hydrogen-bond acceptors (Lipinski definition) is 22. The summed E-state index contributed by atoms with van der Waals surface area (Å²) in [6.45, 7) is 10.8. The summed E-state index contributed by atoms with van der Waals surface area (Å²) in [5, 5.41) is 17.8. The first-order valence-corrected chi connectivity index (χ1v) is 39.6. The van der Waals surface area contributed by atoms with Crippen molar-refractivity contribution >= 4 is 85.8 Å². The zero-order valence-corrected chi connectivity index (χ0v) is 71.5. The molecule has 136 heavy (non-hydrogen) atoms. The average molecular weight is 1930 g/mol. The molecule has 11 aromatic heterocycles. The zero-order chi connectivity index (χ0) is 98.1. The van der Waals surface area contributed by atoms with Gasteiger partial charge in [0.1, 0.15) is 45.6 Å². The second-order valence-electron chi connectivity index (χ2n) is 28.8. The van der Waals surface area contributed by atoms with Gasteiger partial charge in [-0.2, -0.15) is 65.9 Å². The molecule has 0 unspecified atom stereocenters. The highest BCUT2D eigenvalue weighted by Crippen LogP contribution is 2.38. The molecular weight excluding hydrogens is 1860 g/mol. The van der Waals surface area contributed by atoms with E-state index in [1.807, 2.05) is 55.9 Å². The Hall–Kier alpha value is -15.9. The van der Waals surface area contributed by atoms with Gasteiger partial charge >= 0.3 is 37.2 Å². The topological polar surface area (TPSA) is 299 Å². The Morgan fingerprint density at radius 3 is 1.18 bits per heavy atom. The van der Waals surface area contributed by atoms with Crippen LogP contribution in [0.5, 0.6) is 5.75 Å². The average Bonchev–Trinajstić information content (AvgIpc) is 1.62. The predicted octanol–water partition coefficient (Wildman–Crippen LogP) is 22.9. The predicted molar refractivity (Wildman–Crippen MR) is 457 cm³/mol. The van der Waals surface area contributed by atoms with E-state index >= 15 is 0 Å². The lowest BCUT2D eigenvalue weighted by Crippen LogP contribution is -2.18. The van der Waals surface area contributed by atoms with Crippen LogP contribution in [-0.2, 0) is 37.4 Å². The lowest BCUT2D eigenvalue weighted by atomic mass is 10.2. The number of rotatable bonds is 18. The number of aryl methyl sites for hydroxylation is 6. The Bertz CT molecular complexity index is 7060. The third-order valence-corrected chi connectivity index (χ3v) is 19.3. The molecule has 49 heteroatoms. The Balaban J connectivity index is 0.000000144. The van der Waals surface area contributed by atoms with E-state index in [4.69, 9.17) is 11.6 Å². The van der Waals surface area contributed by atoms with Gasteiger partial charge in [-0.1, -0.05) is 17.7 Å². The van der Waals surface area contributed by atoms with Gasteiger partial charge in [0.25, 0.3) is 0 Å². The van der Waals surface area contributed by atoms with E-state index in [0.29, 0.717) is 86.6 Å². The number of fused-ring (bicyclic) bond motifs is 2. The summed E-state index contributed by atoms with van der Waals surface area (Å²) in [4.78, 5) is 63.0. The lowest BCUT2D eigenvalue weighted by molar-refractivity contribution is -0.275. The minimum atomic E-state index is -5.02. The fourth-order valence-electron chi connectivity index (χ4n) is 12.8. The molecule has 17 rings (SSSR count). The summed E-state index contributed by atoms with van der Waals surface area (Å²) in [6, 6.07) is 28.8. The second-order valence-corrected chi connectivity index (χ2v) is 29.1. The van der Waals surface area contributed by atoms with Crippen LogP contribution in [0.2, 0.25) is 5.15 Å². The maximum Gasteiger partial charge on any atom is 0.573 e. The fraction of sp³-hybridized carbons (Fsp3) is 0.161. The highest BCUT2D eigenvalue weighted by atomic mass is 35.5. The van der Waals surface area contributed by atoms with Gasteiger partial charge in [-0.15, -0.1) is 13.2 Å². The molecule has 0 fully saturated rings. The number of nitrogens with zero attached hydrogens (tertiary/aromatic N) is 20. The van der Waals surface area contributed by atoms with Gasteiger partial charge in [0.15, 0.2) is 75.4 Å². The van der Waals surface area contributed by atoms with Crippen molar-refractivity contribution in [2.24, 2.45) is 0 Å². The highest BCUT2D eigenvalue weighted by Gasteiger charge is 2.37. The van der Waals surface area contributed by atoms with Crippen molar-refractivity contribution in [1.29, 1.82) is 0 Å².